The van der Waals surface area contributed by atoms with Crippen LogP contribution in [0.25, 0.3) is 0 Å². The zero-order chi connectivity index (χ0) is 30.9. The zero-order valence-electron chi connectivity index (χ0n) is 23.8. The van der Waals surface area contributed by atoms with E-state index in [1.165, 1.54) is 11.8 Å². The van der Waals surface area contributed by atoms with Gasteiger partial charge in [0.2, 0.25) is 5.91 Å². The Labute approximate surface area is 265 Å². The van der Waals surface area contributed by atoms with E-state index in [1.807, 2.05) is 60.7 Å². The number of nitrogens with zero attached hydrogens (tertiary/aromatic N) is 1. The lowest BCUT2D eigenvalue weighted by Gasteiger charge is -2.29. The summed E-state index contributed by atoms with van der Waals surface area (Å²) in [6.07, 6.45) is 0. The molecule has 9 heteroatoms. The molecule has 0 spiro atoms. The highest BCUT2D eigenvalue weighted by Gasteiger charge is 2.35. The maximum atomic E-state index is 13.4. The van der Waals surface area contributed by atoms with Crippen LogP contribution in [0.5, 0.6) is 11.5 Å². The van der Waals surface area contributed by atoms with Crippen LogP contribution in [0.3, 0.4) is 0 Å². The fourth-order valence-corrected chi connectivity index (χ4v) is 5.67. The van der Waals surface area contributed by atoms with Crippen LogP contribution < -0.4 is 15.4 Å². The number of allylic oxidation sites excluding steroid dienone is 2. The number of nitrogens with one attached hydrogen (secondary N) is 2. The minimum atomic E-state index is -0.704. The van der Waals surface area contributed by atoms with E-state index in [1.54, 1.807) is 55.5 Å². The number of hydrogen-bond acceptors (Lipinski definition) is 7. The first-order valence-corrected chi connectivity index (χ1v) is 15.1. The zero-order valence-corrected chi connectivity index (χ0v) is 25.3. The molecule has 1 amide bonds. The van der Waals surface area contributed by atoms with Gasteiger partial charge in [0, 0.05) is 16.4 Å². The third kappa shape index (κ3) is 7.70. The number of dihydropyridines is 1. The Morgan fingerprint density at radius 1 is 0.909 bits per heavy atom. The lowest BCUT2D eigenvalue weighted by Crippen LogP contribution is -2.29. The van der Waals surface area contributed by atoms with Gasteiger partial charge in [0.05, 0.1) is 33.9 Å². The summed E-state index contributed by atoms with van der Waals surface area (Å²) in [7, 11) is 0. The van der Waals surface area contributed by atoms with E-state index in [0.717, 1.165) is 11.3 Å². The van der Waals surface area contributed by atoms with Crippen molar-refractivity contribution in [2.45, 2.75) is 19.4 Å². The van der Waals surface area contributed by atoms with Crippen molar-refractivity contribution in [3.05, 3.63) is 147 Å². The number of benzene rings is 4. The summed E-state index contributed by atoms with van der Waals surface area (Å²) < 4.78 is 11.5. The SMILES string of the molecule is CC1=C(C(=O)OCc2ccccc2)C(c2ccc(Cl)cc2)C(C#N)=C(SCC(=O)Nc2ccc(Oc3ccccc3)cc2)N1. The smallest absolute Gasteiger partial charge is 0.337 e. The quantitative estimate of drug-likeness (QED) is 0.173. The maximum Gasteiger partial charge on any atom is 0.337 e. The molecule has 44 heavy (non-hydrogen) atoms. The van der Waals surface area contributed by atoms with Crippen LogP contribution in [0.4, 0.5) is 5.69 Å². The predicted octanol–water partition coefficient (Wildman–Crippen LogP) is 7.94. The topological polar surface area (TPSA) is 100 Å². The molecular weight excluding hydrogens is 594 g/mol. The van der Waals surface area contributed by atoms with Crippen LogP contribution in [-0.4, -0.2) is 17.6 Å². The van der Waals surface area contributed by atoms with Gasteiger partial charge >= 0.3 is 5.97 Å². The first-order chi connectivity index (χ1) is 21.4. The summed E-state index contributed by atoms with van der Waals surface area (Å²) in [5, 5.41) is 17.4. The van der Waals surface area contributed by atoms with Crippen molar-refractivity contribution in [3.8, 4) is 17.6 Å². The number of anilines is 1. The summed E-state index contributed by atoms with van der Waals surface area (Å²) in [5.74, 6) is -0.0957. The number of para-hydroxylation sites is 1. The van der Waals surface area contributed by atoms with Crippen molar-refractivity contribution in [2.75, 3.05) is 11.1 Å². The molecule has 4 aromatic rings. The molecule has 1 aliphatic heterocycles. The number of carbonyl (C=O) groups is 2. The number of thioether (sulfide) groups is 1. The van der Waals surface area contributed by atoms with Crippen molar-refractivity contribution in [1.29, 1.82) is 5.26 Å². The van der Waals surface area contributed by atoms with E-state index < -0.39 is 11.9 Å². The lowest BCUT2D eigenvalue weighted by atomic mass is 9.82. The van der Waals surface area contributed by atoms with E-state index in [-0.39, 0.29) is 18.3 Å². The van der Waals surface area contributed by atoms with Gasteiger partial charge in [0.1, 0.15) is 18.1 Å². The Hall–Kier alpha value is -4.97. The van der Waals surface area contributed by atoms with Gasteiger partial charge in [-0.25, -0.2) is 4.79 Å². The molecule has 5 rings (SSSR count). The van der Waals surface area contributed by atoms with Gasteiger partial charge < -0.3 is 20.1 Å². The Bertz CT molecular complexity index is 1730. The van der Waals surface area contributed by atoms with Crippen LogP contribution in [0.1, 0.15) is 24.0 Å². The van der Waals surface area contributed by atoms with Gasteiger partial charge in [-0.05, 0) is 66.6 Å². The summed E-state index contributed by atoms with van der Waals surface area (Å²) in [4.78, 5) is 26.3. The normalized spacial score (nSPS) is 14.3. The summed E-state index contributed by atoms with van der Waals surface area (Å²) >= 11 is 7.33. The second-order valence-electron chi connectivity index (χ2n) is 9.84. The average Bonchev–Trinajstić information content (AvgIpc) is 3.04. The lowest BCUT2D eigenvalue weighted by molar-refractivity contribution is -0.140. The first-order valence-electron chi connectivity index (χ1n) is 13.8. The number of halogens is 1. The molecule has 1 unspecified atom stereocenters. The third-order valence-corrected chi connectivity index (χ3v) is 8.02. The van der Waals surface area contributed by atoms with Gasteiger partial charge in [-0.2, -0.15) is 5.26 Å². The molecule has 4 aromatic carbocycles. The Morgan fingerprint density at radius 2 is 1.55 bits per heavy atom. The fraction of sp³-hybridized carbons (Fsp3) is 0.114. The number of ether oxygens (including phenoxy) is 2. The van der Waals surface area contributed by atoms with Crippen molar-refractivity contribution < 1.29 is 19.1 Å². The molecule has 1 aliphatic rings. The highest BCUT2D eigenvalue weighted by atomic mass is 35.5. The van der Waals surface area contributed by atoms with E-state index in [4.69, 9.17) is 21.1 Å². The number of amides is 1. The fourth-order valence-electron chi connectivity index (χ4n) is 4.65. The highest BCUT2D eigenvalue weighted by Crippen LogP contribution is 2.41. The van der Waals surface area contributed by atoms with Gasteiger partial charge in [-0.15, -0.1) is 0 Å². The average molecular weight is 622 g/mol. The highest BCUT2D eigenvalue weighted by molar-refractivity contribution is 8.03. The number of esters is 1. The van der Waals surface area contributed by atoms with Crippen LogP contribution >= 0.6 is 23.4 Å². The standard InChI is InChI=1S/C35H28ClN3O4S/c1-23-32(35(41)42-21-24-8-4-2-5-9-24)33(25-12-14-26(36)15-13-25)30(20-37)34(38-23)44-22-31(40)39-27-16-18-29(19-17-27)43-28-10-6-3-7-11-28/h2-19,33,38H,21-22H2,1H3,(H,39,40). The molecule has 0 radical (unpaired) electrons. The Kier molecular flexibility index (Phi) is 10.0. The van der Waals surface area contributed by atoms with E-state index in [0.29, 0.717) is 43.9 Å². The second-order valence-corrected chi connectivity index (χ2v) is 11.3. The molecular formula is C35H28ClN3O4S. The van der Waals surface area contributed by atoms with E-state index in [2.05, 4.69) is 16.7 Å². The maximum absolute atomic E-state index is 13.4. The molecule has 1 heterocycles. The van der Waals surface area contributed by atoms with Crippen LogP contribution in [-0.2, 0) is 20.9 Å². The Balaban J connectivity index is 1.30. The van der Waals surface area contributed by atoms with Crippen LogP contribution in [0, 0.1) is 11.3 Å². The van der Waals surface area contributed by atoms with Crippen LogP contribution in [0.15, 0.2) is 131 Å². The molecule has 220 valence electrons. The van der Waals surface area contributed by atoms with Gasteiger partial charge in [-0.1, -0.05) is 84.0 Å². The largest absolute Gasteiger partial charge is 0.457 e. The third-order valence-electron chi connectivity index (χ3n) is 6.75. The summed E-state index contributed by atoms with van der Waals surface area (Å²) in [6, 6.07) is 35.1. The van der Waals surface area contributed by atoms with Gasteiger partial charge in [-0.3, -0.25) is 4.79 Å². The second kappa shape index (κ2) is 14.5. The van der Waals surface area contributed by atoms with E-state index >= 15 is 0 Å². The molecule has 0 fully saturated rings. The minimum absolute atomic E-state index is 0.0319. The number of nitriles is 1. The number of carbonyl (C=O) groups excluding carboxylic acids is 2. The van der Waals surface area contributed by atoms with Crippen molar-refractivity contribution >= 4 is 40.9 Å². The predicted molar refractivity (Wildman–Crippen MR) is 173 cm³/mol. The monoisotopic (exact) mass is 621 g/mol. The molecule has 2 N–H and O–H groups in total. The molecule has 0 saturated carbocycles. The first kappa shape index (κ1) is 30.5. The number of rotatable bonds is 10. The van der Waals surface area contributed by atoms with Crippen molar-refractivity contribution in [1.82, 2.24) is 5.32 Å². The van der Waals surface area contributed by atoms with Crippen molar-refractivity contribution in [2.24, 2.45) is 0 Å². The van der Waals surface area contributed by atoms with Crippen molar-refractivity contribution in [3.63, 3.8) is 0 Å². The molecule has 0 saturated heterocycles. The Morgan fingerprint density at radius 3 is 2.20 bits per heavy atom. The summed E-state index contributed by atoms with van der Waals surface area (Å²) in [6.45, 7) is 1.85. The molecule has 0 aliphatic carbocycles. The van der Waals surface area contributed by atoms with Gasteiger partial charge in [0.25, 0.3) is 0 Å². The van der Waals surface area contributed by atoms with Crippen LogP contribution in [0.2, 0.25) is 5.02 Å². The minimum Gasteiger partial charge on any atom is -0.457 e. The molecule has 0 aromatic heterocycles. The summed E-state index contributed by atoms with van der Waals surface area (Å²) in [5.41, 5.74) is 3.34. The van der Waals surface area contributed by atoms with E-state index in [9.17, 15) is 14.9 Å². The molecule has 1 atom stereocenters. The molecule has 0 bridgehead atoms. The van der Waals surface area contributed by atoms with Gasteiger partial charge in [0.15, 0.2) is 0 Å². The number of hydrogen-bond donors (Lipinski definition) is 2. The molecule has 7 nitrogen and oxygen atoms in total.